The maximum Gasteiger partial charge on any atom is 0.254 e. The molecule has 7 heteroatoms. The third kappa shape index (κ3) is 6.13. The number of hydrogen-bond donors (Lipinski definition) is 3. The van der Waals surface area contributed by atoms with Crippen LogP contribution >= 0.6 is 0 Å². The summed E-state index contributed by atoms with van der Waals surface area (Å²) in [4.78, 5) is 13.2. The van der Waals surface area contributed by atoms with E-state index in [0.29, 0.717) is 17.8 Å². The van der Waals surface area contributed by atoms with Crippen molar-refractivity contribution in [2.24, 2.45) is 33.7 Å². The van der Waals surface area contributed by atoms with E-state index in [2.05, 4.69) is 67.0 Å². The average molecular weight is 628 g/mol. The number of aliphatic hydroxyl groups excluding tert-OH is 1. The van der Waals surface area contributed by atoms with Crippen molar-refractivity contribution in [3.63, 3.8) is 0 Å². The molecular formula is C39H53N3O4. The lowest BCUT2D eigenvalue weighted by atomic mass is 9.47. The molecule has 0 aromatic heterocycles. The third-order valence-corrected chi connectivity index (χ3v) is 12.6. The van der Waals surface area contributed by atoms with Gasteiger partial charge in [0.05, 0.1) is 32.6 Å². The van der Waals surface area contributed by atoms with Crippen LogP contribution in [-0.4, -0.2) is 43.6 Å². The highest BCUT2D eigenvalue weighted by Gasteiger charge is 2.58. The van der Waals surface area contributed by atoms with Gasteiger partial charge >= 0.3 is 0 Å². The Hall–Kier alpha value is -3.16. The molecule has 3 saturated carbocycles. The van der Waals surface area contributed by atoms with Crippen molar-refractivity contribution in [3.05, 3.63) is 71.3 Å². The Kier molecular flexibility index (Phi) is 9.63. The number of hydrogen-bond acceptors (Lipinski definition) is 6. The van der Waals surface area contributed by atoms with Gasteiger partial charge in [0.1, 0.15) is 11.5 Å². The summed E-state index contributed by atoms with van der Waals surface area (Å²) >= 11 is 0. The summed E-state index contributed by atoms with van der Waals surface area (Å²) in [7, 11) is 3.35. The molecule has 6 rings (SSSR count). The largest absolute Gasteiger partial charge is 0.497 e. The summed E-state index contributed by atoms with van der Waals surface area (Å²) in [5, 5.41) is 19.0. The molecule has 0 spiro atoms. The number of allylic oxidation sites excluding steroid dienone is 2. The van der Waals surface area contributed by atoms with Gasteiger partial charge in [0.2, 0.25) is 0 Å². The van der Waals surface area contributed by atoms with Crippen molar-refractivity contribution in [1.29, 1.82) is 0 Å². The quantitative estimate of drug-likeness (QED) is 0.240. The summed E-state index contributed by atoms with van der Waals surface area (Å²) in [5.41, 5.74) is 7.96. The van der Waals surface area contributed by atoms with Crippen LogP contribution in [0.2, 0.25) is 0 Å². The molecule has 2 aromatic rings. The third-order valence-electron chi connectivity index (χ3n) is 12.6. The van der Waals surface area contributed by atoms with Gasteiger partial charge < -0.3 is 19.9 Å². The Morgan fingerprint density at radius 1 is 0.913 bits per heavy atom. The normalized spacial score (nSPS) is 32.4. The summed E-state index contributed by atoms with van der Waals surface area (Å²) in [6, 6.07) is 16.2. The van der Waals surface area contributed by atoms with Gasteiger partial charge in [-0.3, -0.25) is 4.79 Å². The maximum absolute atomic E-state index is 13.2. The van der Waals surface area contributed by atoms with Crippen LogP contribution < -0.4 is 20.2 Å². The minimum atomic E-state index is -0.141. The molecule has 0 heterocycles. The minimum Gasteiger partial charge on any atom is -0.497 e. The van der Waals surface area contributed by atoms with E-state index < -0.39 is 0 Å². The predicted molar refractivity (Wildman–Crippen MR) is 183 cm³/mol. The molecule has 8 atom stereocenters. The van der Waals surface area contributed by atoms with E-state index in [1.165, 1.54) is 30.4 Å². The van der Waals surface area contributed by atoms with Gasteiger partial charge in [-0.25, -0.2) is 5.43 Å². The Morgan fingerprint density at radius 2 is 1.59 bits per heavy atom. The lowest BCUT2D eigenvalue weighted by Gasteiger charge is -2.57. The van der Waals surface area contributed by atoms with Crippen molar-refractivity contribution < 1.29 is 19.4 Å². The second-order valence-electron chi connectivity index (χ2n) is 14.7. The molecule has 0 aliphatic heterocycles. The molecule has 1 amide bonds. The lowest BCUT2D eigenvalue weighted by Crippen LogP contribution is -2.51. The predicted octanol–water partition coefficient (Wildman–Crippen LogP) is 7.32. The number of methoxy groups -OCH3 is 2. The zero-order chi connectivity index (χ0) is 32.5. The number of amides is 1. The molecule has 0 radical (unpaired) electrons. The molecule has 2 unspecified atom stereocenters. The highest BCUT2D eigenvalue weighted by Crippen LogP contribution is 2.65. The summed E-state index contributed by atoms with van der Waals surface area (Å²) < 4.78 is 10.8. The second-order valence-corrected chi connectivity index (χ2v) is 14.7. The van der Waals surface area contributed by atoms with E-state index in [-0.39, 0.29) is 41.3 Å². The van der Waals surface area contributed by atoms with Crippen molar-refractivity contribution in [1.82, 2.24) is 10.7 Å². The number of carbonyl (C=O) groups excluding carboxylic acids is 1. The first-order valence-electron chi connectivity index (χ1n) is 17.5. The average Bonchev–Trinajstić information content (AvgIpc) is 3.39. The zero-order valence-corrected chi connectivity index (χ0v) is 28.4. The van der Waals surface area contributed by atoms with Crippen LogP contribution in [-0.2, 0) is 4.79 Å². The molecule has 2 aromatic carbocycles. The molecule has 4 aliphatic rings. The smallest absolute Gasteiger partial charge is 0.254 e. The van der Waals surface area contributed by atoms with Crippen molar-refractivity contribution in [2.75, 3.05) is 20.8 Å². The first-order valence-corrected chi connectivity index (χ1v) is 17.5. The molecule has 0 bridgehead atoms. The molecular weight excluding hydrogens is 574 g/mol. The van der Waals surface area contributed by atoms with E-state index in [1.54, 1.807) is 14.2 Å². The maximum atomic E-state index is 13.2. The summed E-state index contributed by atoms with van der Waals surface area (Å²) in [6.07, 6.45) is 11.8. The van der Waals surface area contributed by atoms with Gasteiger partial charge in [0.15, 0.2) is 0 Å². The standard InChI is InChI=1S/C39H53N3O4/c1-6-31(25-7-12-29(45-4)13-8-25)37(26-9-14-30(46-5)15-10-26)40-24-36(44)42-41-28-19-21-38(2)27(23-28)11-16-32-33-17-18-35(43)39(33,3)22-20-34(32)38/h7-10,12-15,23,31-35,37,40,43H,6,11,16-22,24H2,1-5H3,(H,42,44)/b41-28+/t31?,32-,33-,34-,35-,37?,38-,39-/m0/s1. The van der Waals surface area contributed by atoms with Crippen LogP contribution in [0.5, 0.6) is 11.5 Å². The van der Waals surface area contributed by atoms with Crippen LogP contribution in [0.15, 0.2) is 65.3 Å². The highest BCUT2D eigenvalue weighted by molar-refractivity contribution is 5.97. The van der Waals surface area contributed by atoms with Crippen LogP contribution in [0.1, 0.15) is 102 Å². The van der Waals surface area contributed by atoms with Crippen molar-refractivity contribution in [3.8, 4) is 11.5 Å². The number of benzene rings is 2. The second kappa shape index (κ2) is 13.5. The molecule has 0 saturated heterocycles. The number of nitrogens with zero attached hydrogens (tertiary/aromatic N) is 1. The first-order chi connectivity index (χ1) is 22.2. The number of ether oxygens (including phenoxy) is 2. The van der Waals surface area contributed by atoms with Crippen LogP contribution in [0.4, 0.5) is 0 Å². The molecule has 3 fully saturated rings. The fraction of sp³-hybridized carbons (Fsp3) is 0.590. The molecule has 7 nitrogen and oxygen atoms in total. The number of carbonyl (C=O) groups is 1. The van der Waals surface area contributed by atoms with E-state index in [1.807, 2.05) is 24.3 Å². The number of nitrogens with one attached hydrogen (secondary N) is 2. The Labute approximate surface area is 275 Å². The minimum absolute atomic E-state index is 0.0753. The number of fused-ring (bicyclic) bond motifs is 5. The van der Waals surface area contributed by atoms with Gasteiger partial charge in [-0.2, -0.15) is 5.10 Å². The van der Waals surface area contributed by atoms with E-state index in [4.69, 9.17) is 9.47 Å². The summed E-state index contributed by atoms with van der Waals surface area (Å²) in [5.74, 6) is 3.69. The van der Waals surface area contributed by atoms with Crippen molar-refractivity contribution in [2.45, 2.75) is 96.6 Å². The first kappa shape index (κ1) is 32.8. The Bertz CT molecular complexity index is 1440. The van der Waals surface area contributed by atoms with Gasteiger partial charge in [-0.05, 0) is 128 Å². The summed E-state index contributed by atoms with van der Waals surface area (Å²) in [6.45, 7) is 7.17. The zero-order valence-electron chi connectivity index (χ0n) is 28.4. The fourth-order valence-corrected chi connectivity index (χ4v) is 9.83. The SMILES string of the molecule is CCC(c1ccc(OC)cc1)C(NCC(=O)N/N=C1/C=C2CC[C@H]3[C@@H]4CC[C@H](O)[C@@]4(C)CC[C@@H]3[C@@]2(C)CC1)c1ccc(OC)cc1. The van der Waals surface area contributed by atoms with Crippen LogP contribution in [0, 0.1) is 28.6 Å². The number of aliphatic hydroxyl groups is 1. The van der Waals surface area contributed by atoms with E-state index in [9.17, 15) is 9.90 Å². The van der Waals surface area contributed by atoms with Crippen molar-refractivity contribution >= 4 is 11.6 Å². The monoisotopic (exact) mass is 627 g/mol. The van der Waals surface area contributed by atoms with Gasteiger partial charge in [0.25, 0.3) is 5.91 Å². The fourth-order valence-electron chi connectivity index (χ4n) is 9.83. The molecule has 3 N–H and O–H groups in total. The Balaban J connectivity index is 1.12. The Morgan fingerprint density at radius 3 is 2.24 bits per heavy atom. The van der Waals surface area contributed by atoms with E-state index in [0.717, 1.165) is 61.3 Å². The topological polar surface area (TPSA) is 92.2 Å². The lowest BCUT2D eigenvalue weighted by molar-refractivity contribution is -0.120. The van der Waals surface area contributed by atoms with E-state index >= 15 is 0 Å². The van der Waals surface area contributed by atoms with Crippen LogP contribution in [0.3, 0.4) is 0 Å². The van der Waals surface area contributed by atoms with Crippen LogP contribution in [0.25, 0.3) is 0 Å². The van der Waals surface area contributed by atoms with Gasteiger partial charge in [-0.15, -0.1) is 0 Å². The number of hydrazone groups is 1. The molecule has 4 aliphatic carbocycles. The van der Waals surface area contributed by atoms with Gasteiger partial charge in [-0.1, -0.05) is 50.6 Å². The molecule has 248 valence electrons. The highest BCUT2D eigenvalue weighted by atomic mass is 16.5. The number of rotatable bonds is 10. The van der Waals surface area contributed by atoms with Gasteiger partial charge in [0, 0.05) is 12.0 Å². The molecule has 46 heavy (non-hydrogen) atoms.